The number of hydrogen-bond donors (Lipinski definition) is 1. The van der Waals surface area contributed by atoms with Crippen molar-refractivity contribution in [2.24, 2.45) is 0 Å². The quantitative estimate of drug-likeness (QED) is 0.229. The lowest BCUT2D eigenvalue weighted by Crippen LogP contribution is -2.53. The van der Waals surface area contributed by atoms with E-state index >= 15 is 0 Å². The summed E-state index contributed by atoms with van der Waals surface area (Å²) in [6.45, 7) is 5.16. The van der Waals surface area contributed by atoms with E-state index in [2.05, 4.69) is 5.32 Å². The molecule has 0 saturated heterocycles. The molecule has 1 atom stereocenters. The van der Waals surface area contributed by atoms with Gasteiger partial charge in [-0.15, -0.1) is 0 Å². The topological polar surface area (TPSA) is 86.8 Å². The number of carbonyl (C=O) groups excluding carboxylic acids is 2. The average Bonchev–Trinajstić information content (AvgIpc) is 2.98. The van der Waals surface area contributed by atoms with Crippen LogP contribution in [0.5, 0.6) is 0 Å². The molecule has 1 N–H and O–H groups in total. The van der Waals surface area contributed by atoms with Crippen LogP contribution in [0.25, 0.3) is 0 Å². The van der Waals surface area contributed by atoms with Gasteiger partial charge in [0.25, 0.3) is 10.0 Å². The summed E-state index contributed by atoms with van der Waals surface area (Å²) < 4.78 is 29.4. The van der Waals surface area contributed by atoms with Crippen LogP contribution >= 0.6 is 11.6 Å². The Bertz CT molecular complexity index is 1690. The van der Waals surface area contributed by atoms with Crippen LogP contribution < -0.4 is 9.62 Å². The van der Waals surface area contributed by atoms with Gasteiger partial charge in [-0.2, -0.15) is 0 Å². The first-order valence-electron chi connectivity index (χ1n) is 14.0. The van der Waals surface area contributed by atoms with Gasteiger partial charge < -0.3 is 10.2 Å². The van der Waals surface area contributed by atoms with Crippen molar-refractivity contribution in [2.75, 3.05) is 17.9 Å². The number of rotatable bonds is 11. The maximum absolute atomic E-state index is 14.4. The van der Waals surface area contributed by atoms with E-state index < -0.39 is 28.5 Å². The van der Waals surface area contributed by atoms with Crippen molar-refractivity contribution in [1.29, 1.82) is 0 Å². The standard InChI is InChI=1S/C34H36ClN3O4S/c1-24-13-16-30(17-14-24)43(41,42)38(31-18-15-29(35)20-26(31)3)23-33(39)37(22-28-12-8-9-25(2)19-28)32(34(40)36-4)21-27-10-6-5-7-11-27/h5-20,32H,21-23H2,1-4H3,(H,36,40)/t32-/m0/s1. The van der Waals surface area contributed by atoms with E-state index in [9.17, 15) is 18.0 Å². The van der Waals surface area contributed by atoms with Gasteiger partial charge in [-0.05, 0) is 67.8 Å². The van der Waals surface area contributed by atoms with Gasteiger partial charge in [0.2, 0.25) is 11.8 Å². The van der Waals surface area contributed by atoms with Crippen LogP contribution in [0.1, 0.15) is 27.8 Å². The van der Waals surface area contributed by atoms with Crippen molar-refractivity contribution >= 4 is 39.1 Å². The van der Waals surface area contributed by atoms with Gasteiger partial charge in [0.05, 0.1) is 10.6 Å². The van der Waals surface area contributed by atoms with Crippen LogP contribution in [-0.2, 0) is 32.6 Å². The second kappa shape index (κ2) is 13.9. The molecule has 4 aromatic carbocycles. The molecule has 224 valence electrons. The number of likely N-dealkylation sites (N-methyl/N-ethyl adjacent to an activating group) is 1. The van der Waals surface area contributed by atoms with Crippen LogP contribution in [0.3, 0.4) is 0 Å². The van der Waals surface area contributed by atoms with Crippen molar-refractivity contribution in [3.8, 4) is 0 Å². The SMILES string of the molecule is CNC(=O)[C@H](Cc1ccccc1)N(Cc1cccc(C)c1)C(=O)CN(c1ccc(Cl)cc1C)S(=O)(=O)c1ccc(C)cc1. The highest BCUT2D eigenvalue weighted by atomic mass is 35.5. The van der Waals surface area contributed by atoms with Crippen LogP contribution in [0.2, 0.25) is 5.02 Å². The van der Waals surface area contributed by atoms with Crippen LogP contribution in [0.15, 0.2) is 102 Å². The second-order valence-electron chi connectivity index (χ2n) is 10.6. The zero-order valence-corrected chi connectivity index (χ0v) is 26.3. The van der Waals surface area contributed by atoms with E-state index in [1.165, 1.54) is 24.1 Å². The molecule has 0 aliphatic heterocycles. The zero-order chi connectivity index (χ0) is 31.1. The van der Waals surface area contributed by atoms with E-state index in [0.29, 0.717) is 16.3 Å². The molecule has 0 fully saturated rings. The Labute approximate surface area is 259 Å². The number of benzene rings is 4. The number of hydrogen-bond acceptors (Lipinski definition) is 4. The lowest BCUT2D eigenvalue weighted by molar-refractivity contribution is -0.139. The highest BCUT2D eigenvalue weighted by Gasteiger charge is 2.34. The molecule has 4 aromatic rings. The number of carbonyl (C=O) groups is 2. The zero-order valence-electron chi connectivity index (χ0n) is 24.7. The molecule has 0 spiro atoms. The Morgan fingerprint density at radius 2 is 1.49 bits per heavy atom. The predicted molar refractivity (Wildman–Crippen MR) is 172 cm³/mol. The first kappa shape index (κ1) is 31.8. The molecule has 0 heterocycles. The number of nitrogens with one attached hydrogen (secondary N) is 1. The molecule has 4 rings (SSSR count). The Hall–Kier alpha value is -4.14. The molecule has 0 saturated carbocycles. The van der Waals surface area contributed by atoms with Crippen LogP contribution in [0.4, 0.5) is 5.69 Å². The molecule has 43 heavy (non-hydrogen) atoms. The van der Waals surface area contributed by atoms with Crippen molar-refractivity contribution < 1.29 is 18.0 Å². The first-order chi connectivity index (χ1) is 20.5. The van der Waals surface area contributed by atoms with Crippen LogP contribution in [-0.4, -0.2) is 44.8 Å². The summed E-state index contributed by atoms with van der Waals surface area (Å²) in [5, 5.41) is 3.15. The number of nitrogens with zero attached hydrogens (tertiary/aromatic N) is 2. The van der Waals surface area contributed by atoms with Gasteiger partial charge in [0.15, 0.2) is 0 Å². The highest BCUT2D eigenvalue weighted by Crippen LogP contribution is 2.30. The molecule has 2 amide bonds. The summed E-state index contributed by atoms with van der Waals surface area (Å²) in [6, 6.07) is 27.6. The third-order valence-electron chi connectivity index (χ3n) is 7.27. The summed E-state index contributed by atoms with van der Waals surface area (Å²) in [5.74, 6) is -0.864. The van der Waals surface area contributed by atoms with Crippen molar-refractivity contribution in [1.82, 2.24) is 10.2 Å². The lowest BCUT2D eigenvalue weighted by Gasteiger charge is -2.34. The minimum atomic E-state index is -4.18. The van der Waals surface area contributed by atoms with Crippen LogP contribution in [0, 0.1) is 20.8 Å². The average molecular weight is 618 g/mol. The monoisotopic (exact) mass is 617 g/mol. The number of anilines is 1. The van der Waals surface area contributed by atoms with E-state index in [0.717, 1.165) is 26.6 Å². The summed E-state index contributed by atoms with van der Waals surface area (Å²) in [7, 11) is -2.65. The smallest absolute Gasteiger partial charge is 0.264 e. The molecule has 0 aliphatic rings. The molecule has 0 aliphatic carbocycles. The Morgan fingerprint density at radius 1 is 0.814 bits per heavy atom. The highest BCUT2D eigenvalue weighted by molar-refractivity contribution is 7.92. The normalized spacial score (nSPS) is 11.9. The number of halogens is 1. The van der Waals surface area contributed by atoms with Crippen molar-refractivity contribution in [3.05, 3.63) is 130 Å². The second-order valence-corrected chi connectivity index (χ2v) is 12.9. The Kier molecular flexibility index (Phi) is 10.3. The molecule has 9 heteroatoms. The molecule has 0 unspecified atom stereocenters. The third kappa shape index (κ3) is 7.83. The van der Waals surface area contributed by atoms with Gasteiger partial charge in [-0.1, -0.05) is 89.5 Å². The van der Waals surface area contributed by atoms with Gasteiger partial charge in [-0.3, -0.25) is 13.9 Å². The molecule has 0 bridgehead atoms. The van der Waals surface area contributed by atoms with Gasteiger partial charge in [0.1, 0.15) is 12.6 Å². The molecule has 7 nitrogen and oxygen atoms in total. The molecule has 0 aromatic heterocycles. The number of aryl methyl sites for hydroxylation is 3. The fourth-order valence-electron chi connectivity index (χ4n) is 4.98. The molecule has 0 radical (unpaired) electrons. The molecular formula is C34H36ClN3O4S. The predicted octanol–water partition coefficient (Wildman–Crippen LogP) is 5.85. The maximum atomic E-state index is 14.4. The largest absolute Gasteiger partial charge is 0.357 e. The van der Waals surface area contributed by atoms with Crippen molar-refractivity contribution in [3.63, 3.8) is 0 Å². The van der Waals surface area contributed by atoms with Crippen molar-refractivity contribution in [2.45, 2.75) is 44.7 Å². The fourth-order valence-corrected chi connectivity index (χ4v) is 6.68. The van der Waals surface area contributed by atoms with Gasteiger partial charge in [-0.25, -0.2) is 8.42 Å². The maximum Gasteiger partial charge on any atom is 0.264 e. The number of sulfonamides is 1. The Balaban J connectivity index is 1.81. The van der Waals surface area contributed by atoms with E-state index in [1.54, 1.807) is 37.3 Å². The van der Waals surface area contributed by atoms with Gasteiger partial charge >= 0.3 is 0 Å². The minimum absolute atomic E-state index is 0.0534. The van der Waals surface area contributed by atoms with E-state index in [-0.39, 0.29) is 23.8 Å². The summed E-state index contributed by atoms with van der Waals surface area (Å²) >= 11 is 6.21. The minimum Gasteiger partial charge on any atom is -0.357 e. The summed E-state index contributed by atoms with van der Waals surface area (Å²) in [6.07, 6.45) is 0.253. The fraction of sp³-hybridized carbons (Fsp3) is 0.235. The van der Waals surface area contributed by atoms with E-state index in [1.807, 2.05) is 68.4 Å². The summed E-state index contributed by atoms with van der Waals surface area (Å²) in [4.78, 5) is 29.3. The number of amides is 2. The lowest BCUT2D eigenvalue weighted by atomic mass is 10.0. The third-order valence-corrected chi connectivity index (χ3v) is 9.28. The van der Waals surface area contributed by atoms with E-state index in [4.69, 9.17) is 11.6 Å². The van der Waals surface area contributed by atoms with Gasteiger partial charge in [0, 0.05) is 25.0 Å². The Morgan fingerprint density at radius 3 is 2.12 bits per heavy atom. The molecular weight excluding hydrogens is 582 g/mol. The first-order valence-corrected chi connectivity index (χ1v) is 15.8. The summed E-state index contributed by atoms with van der Waals surface area (Å²) in [5.41, 5.74) is 4.52.